The van der Waals surface area contributed by atoms with Crippen LogP contribution in [0.2, 0.25) is 0 Å². The summed E-state index contributed by atoms with van der Waals surface area (Å²) in [6, 6.07) is 0.586. The van der Waals surface area contributed by atoms with Gasteiger partial charge in [0.25, 0.3) is 0 Å². The Hall–Kier alpha value is -0.570. The van der Waals surface area contributed by atoms with Gasteiger partial charge in [-0.25, -0.2) is 0 Å². The average Bonchev–Trinajstić information content (AvgIpc) is 2.48. The van der Waals surface area contributed by atoms with Crippen LogP contribution in [0.3, 0.4) is 0 Å². The molecule has 1 aliphatic rings. The minimum Gasteiger partial charge on any atom is -0.324 e. The van der Waals surface area contributed by atoms with Crippen molar-refractivity contribution >= 4 is 11.3 Å². The lowest BCUT2D eigenvalue weighted by atomic mass is 9.96. The summed E-state index contributed by atoms with van der Waals surface area (Å²) in [5.74, 6) is 0. The maximum absolute atomic E-state index is 4.88. The summed E-state index contributed by atoms with van der Waals surface area (Å²) in [7, 11) is 2.13. The predicted molar refractivity (Wildman–Crippen MR) is 65.2 cm³/mol. The molecule has 0 aromatic carbocycles. The second-order valence-electron chi connectivity index (χ2n) is 4.51. The third-order valence-electron chi connectivity index (χ3n) is 3.41. The number of rotatable bonds is 1. The average molecular weight is 224 g/mol. The molecule has 0 aliphatic heterocycles. The molecule has 0 radical (unpaired) electrons. The van der Waals surface area contributed by atoms with Crippen molar-refractivity contribution in [2.45, 2.75) is 52.0 Å². The van der Waals surface area contributed by atoms with Crippen molar-refractivity contribution in [1.29, 1.82) is 0 Å². The first-order valence-electron chi connectivity index (χ1n) is 5.85. The van der Waals surface area contributed by atoms with E-state index >= 15 is 0 Å². The normalized spacial score (nSPS) is 19.8. The van der Waals surface area contributed by atoms with Gasteiger partial charge in [-0.05, 0) is 26.7 Å². The molecule has 84 valence electrons. The third kappa shape index (κ3) is 2.33. The fraction of sp³-hybridized carbons (Fsp3) is 0.750. The zero-order chi connectivity index (χ0) is 10.8. The number of hydrogen-bond donors (Lipinski definition) is 0. The van der Waals surface area contributed by atoms with Crippen molar-refractivity contribution in [1.82, 2.24) is 4.57 Å². The van der Waals surface area contributed by atoms with Gasteiger partial charge in [0, 0.05) is 17.6 Å². The molecule has 0 unspecified atom stereocenters. The number of aromatic nitrogens is 1. The van der Waals surface area contributed by atoms with E-state index in [0.29, 0.717) is 6.04 Å². The number of aryl methyl sites for hydroxylation is 1. The molecule has 1 aromatic heterocycles. The van der Waals surface area contributed by atoms with Gasteiger partial charge >= 0.3 is 0 Å². The quantitative estimate of drug-likeness (QED) is 0.698. The van der Waals surface area contributed by atoms with Crippen molar-refractivity contribution in [2.75, 3.05) is 0 Å². The van der Waals surface area contributed by atoms with Gasteiger partial charge in [0.2, 0.25) is 0 Å². The molecule has 3 heteroatoms. The smallest absolute Gasteiger partial charge is 0.185 e. The lowest BCUT2D eigenvalue weighted by Gasteiger charge is -2.16. The highest BCUT2D eigenvalue weighted by Gasteiger charge is 2.12. The topological polar surface area (TPSA) is 17.3 Å². The molecule has 0 atom stereocenters. The van der Waals surface area contributed by atoms with E-state index in [1.54, 1.807) is 0 Å². The van der Waals surface area contributed by atoms with Crippen LogP contribution >= 0.6 is 11.3 Å². The van der Waals surface area contributed by atoms with Gasteiger partial charge in [-0.3, -0.25) is 4.99 Å². The highest BCUT2D eigenvalue weighted by molar-refractivity contribution is 7.09. The van der Waals surface area contributed by atoms with E-state index in [2.05, 4.69) is 25.5 Å². The second kappa shape index (κ2) is 4.52. The summed E-state index contributed by atoms with van der Waals surface area (Å²) in [4.78, 5) is 7.48. The predicted octanol–water partition coefficient (Wildman–Crippen LogP) is 2.94. The Kier molecular flexibility index (Phi) is 3.29. The number of hydrogen-bond acceptors (Lipinski definition) is 2. The van der Waals surface area contributed by atoms with E-state index in [1.165, 1.54) is 47.5 Å². The first kappa shape index (κ1) is 10.9. The van der Waals surface area contributed by atoms with Crippen LogP contribution in [0.25, 0.3) is 0 Å². The number of nitrogens with zero attached hydrogens (tertiary/aromatic N) is 2. The van der Waals surface area contributed by atoms with Gasteiger partial charge in [0.15, 0.2) is 4.80 Å². The molecule has 2 nitrogen and oxygen atoms in total. The van der Waals surface area contributed by atoms with E-state index in [9.17, 15) is 0 Å². The van der Waals surface area contributed by atoms with Crippen molar-refractivity contribution in [2.24, 2.45) is 12.0 Å². The Morgan fingerprint density at radius 1 is 1.20 bits per heavy atom. The highest BCUT2D eigenvalue weighted by atomic mass is 32.1. The highest BCUT2D eigenvalue weighted by Crippen LogP contribution is 2.20. The Balaban J connectivity index is 2.27. The van der Waals surface area contributed by atoms with Crippen LogP contribution in [0.5, 0.6) is 0 Å². The lowest BCUT2D eigenvalue weighted by Crippen LogP contribution is -2.18. The fourth-order valence-electron chi connectivity index (χ4n) is 2.14. The van der Waals surface area contributed by atoms with Gasteiger partial charge in [0.1, 0.15) is 0 Å². The number of thiazole rings is 1. The lowest BCUT2D eigenvalue weighted by molar-refractivity contribution is 0.435. The molecule has 15 heavy (non-hydrogen) atoms. The van der Waals surface area contributed by atoms with E-state index in [1.807, 2.05) is 11.3 Å². The summed E-state index contributed by atoms with van der Waals surface area (Å²) < 4.78 is 2.23. The summed E-state index contributed by atoms with van der Waals surface area (Å²) in [6.45, 7) is 4.35. The molecule has 1 heterocycles. The van der Waals surface area contributed by atoms with Gasteiger partial charge in [-0.2, -0.15) is 0 Å². The van der Waals surface area contributed by atoms with Crippen molar-refractivity contribution in [3.05, 3.63) is 15.4 Å². The maximum atomic E-state index is 4.88. The summed E-state index contributed by atoms with van der Waals surface area (Å²) in [5.41, 5.74) is 1.36. The molecular formula is C12H20N2S. The van der Waals surface area contributed by atoms with Crippen LogP contribution in [0.1, 0.15) is 42.7 Å². The molecule has 1 aromatic rings. The minimum atomic E-state index is 0.586. The fourth-order valence-corrected chi connectivity index (χ4v) is 3.17. The molecule has 1 aliphatic carbocycles. The first-order chi connectivity index (χ1) is 7.18. The van der Waals surface area contributed by atoms with Gasteiger partial charge in [-0.1, -0.05) is 19.3 Å². The van der Waals surface area contributed by atoms with Crippen molar-refractivity contribution in [3.8, 4) is 0 Å². The Labute approximate surface area is 95.7 Å². The molecule has 0 N–H and O–H groups in total. The van der Waals surface area contributed by atoms with Gasteiger partial charge in [0.05, 0.1) is 6.04 Å². The van der Waals surface area contributed by atoms with E-state index < -0.39 is 0 Å². The zero-order valence-corrected chi connectivity index (χ0v) is 10.7. The van der Waals surface area contributed by atoms with Crippen molar-refractivity contribution < 1.29 is 0 Å². The van der Waals surface area contributed by atoms with Crippen LogP contribution in [-0.4, -0.2) is 10.6 Å². The molecule has 0 spiro atoms. The SMILES string of the molecule is Cc1sc(=NC2CCCCC2)n(C)c1C. The molecule has 0 bridgehead atoms. The first-order valence-corrected chi connectivity index (χ1v) is 6.67. The Morgan fingerprint density at radius 3 is 2.40 bits per heavy atom. The Morgan fingerprint density at radius 2 is 1.87 bits per heavy atom. The van der Waals surface area contributed by atoms with Crippen LogP contribution < -0.4 is 4.80 Å². The van der Waals surface area contributed by atoms with E-state index in [0.717, 1.165) is 0 Å². The molecular weight excluding hydrogens is 204 g/mol. The van der Waals surface area contributed by atoms with Gasteiger partial charge < -0.3 is 4.57 Å². The van der Waals surface area contributed by atoms with E-state index in [4.69, 9.17) is 4.99 Å². The van der Waals surface area contributed by atoms with E-state index in [-0.39, 0.29) is 0 Å². The van der Waals surface area contributed by atoms with Crippen LogP contribution in [0.4, 0.5) is 0 Å². The Bertz CT molecular complexity index is 394. The van der Waals surface area contributed by atoms with Crippen LogP contribution in [-0.2, 0) is 7.05 Å². The standard InChI is InChI=1S/C12H20N2S/c1-9-10(2)15-12(14(9)3)13-11-7-5-4-6-8-11/h11H,4-8H2,1-3H3. The maximum Gasteiger partial charge on any atom is 0.185 e. The monoisotopic (exact) mass is 224 g/mol. The summed E-state index contributed by atoms with van der Waals surface area (Å²) >= 11 is 1.83. The third-order valence-corrected chi connectivity index (χ3v) is 4.58. The summed E-state index contributed by atoms with van der Waals surface area (Å²) in [5, 5.41) is 0. The minimum absolute atomic E-state index is 0.586. The molecule has 2 rings (SSSR count). The largest absolute Gasteiger partial charge is 0.324 e. The molecule has 0 amide bonds. The van der Waals surface area contributed by atoms with Crippen LogP contribution in [0.15, 0.2) is 4.99 Å². The van der Waals surface area contributed by atoms with Gasteiger partial charge in [-0.15, -0.1) is 11.3 Å². The second-order valence-corrected chi connectivity index (χ2v) is 5.69. The summed E-state index contributed by atoms with van der Waals surface area (Å²) in [6.07, 6.45) is 6.70. The molecule has 1 saturated carbocycles. The molecule has 1 fully saturated rings. The van der Waals surface area contributed by atoms with Crippen molar-refractivity contribution in [3.63, 3.8) is 0 Å². The van der Waals surface area contributed by atoms with Crippen LogP contribution in [0, 0.1) is 13.8 Å². The zero-order valence-electron chi connectivity index (χ0n) is 9.92. The molecule has 0 saturated heterocycles.